The lowest BCUT2D eigenvalue weighted by Gasteiger charge is -2.29. The molecule has 0 heterocycles. The second-order valence-corrected chi connectivity index (χ2v) is 4.72. The molecule has 1 unspecified atom stereocenters. The fourth-order valence-electron chi connectivity index (χ4n) is 1.17. The summed E-state index contributed by atoms with van der Waals surface area (Å²) in [6.45, 7) is 7.23. The number of amides is 1. The van der Waals surface area contributed by atoms with Crippen LogP contribution in [0.5, 0.6) is 0 Å². The van der Waals surface area contributed by atoms with Gasteiger partial charge in [0.25, 0.3) is 5.91 Å². The van der Waals surface area contributed by atoms with Gasteiger partial charge in [0.1, 0.15) is 0 Å². The smallest absolute Gasteiger partial charge is 0.251 e. The largest absolute Gasteiger partial charge is 0.391 e. The molecule has 0 saturated heterocycles. The Morgan fingerprint density at radius 2 is 1.81 bits per heavy atom. The average Bonchev–Trinajstić information content (AvgIpc) is 2.17. The van der Waals surface area contributed by atoms with Gasteiger partial charge in [-0.2, -0.15) is 0 Å². The van der Waals surface area contributed by atoms with Crippen molar-refractivity contribution in [3.8, 4) is 0 Å². The average molecular weight is 221 g/mol. The molecule has 0 aliphatic rings. The first-order chi connectivity index (χ1) is 7.33. The van der Waals surface area contributed by atoms with Crippen molar-refractivity contribution >= 4 is 5.91 Å². The highest BCUT2D eigenvalue weighted by Gasteiger charge is 2.26. The van der Waals surface area contributed by atoms with E-state index in [0.717, 1.165) is 5.56 Å². The van der Waals surface area contributed by atoms with E-state index < -0.39 is 11.6 Å². The molecule has 16 heavy (non-hydrogen) atoms. The highest BCUT2D eigenvalue weighted by molar-refractivity contribution is 5.94. The summed E-state index contributed by atoms with van der Waals surface area (Å²) >= 11 is 0. The van der Waals surface area contributed by atoms with Crippen LogP contribution < -0.4 is 5.32 Å². The molecule has 0 aromatic heterocycles. The van der Waals surface area contributed by atoms with Crippen LogP contribution in [0, 0.1) is 6.92 Å². The van der Waals surface area contributed by atoms with Gasteiger partial charge in [0.2, 0.25) is 0 Å². The van der Waals surface area contributed by atoms with Crippen LogP contribution in [0.4, 0.5) is 0 Å². The third-order valence-corrected chi connectivity index (χ3v) is 2.79. The van der Waals surface area contributed by atoms with Gasteiger partial charge in [-0.15, -0.1) is 0 Å². The van der Waals surface area contributed by atoms with Gasteiger partial charge in [-0.05, 0) is 39.8 Å². The quantitative estimate of drug-likeness (QED) is 0.818. The molecule has 0 aliphatic heterocycles. The van der Waals surface area contributed by atoms with E-state index in [2.05, 4.69) is 5.32 Å². The van der Waals surface area contributed by atoms with Crippen LogP contribution in [-0.4, -0.2) is 22.7 Å². The van der Waals surface area contributed by atoms with E-state index in [1.807, 2.05) is 19.1 Å². The minimum atomic E-state index is -0.623. The second kappa shape index (κ2) is 4.66. The van der Waals surface area contributed by atoms with Crippen molar-refractivity contribution in [3.63, 3.8) is 0 Å². The maximum absolute atomic E-state index is 11.9. The summed E-state index contributed by atoms with van der Waals surface area (Å²) < 4.78 is 0. The van der Waals surface area contributed by atoms with E-state index >= 15 is 0 Å². The third-order valence-electron chi connectivity index (χ3n) is 2.79. The third kappa shape index (κ3) is 3.07. The first-order valence-corrected chi connectivity index (χ1v) is 5.40. The van der Waals surface area contributed by atoms with Gasteiger partial charge < -0.3 is 10.4 Å². The molecule has 2 N–H and O–H groups in total. The summed E-state index contributed by atoms with van der Waals surface area (Å²) in [7, 11) is 0. The number of rotatable bonds is 3. The van der Waals surface area contributed by atoms with Crippen LogP contribution in [0.25, 0.3) is 0 Å². The van der Waals surface area contributed by atoms with E-state index in [0.29, 0.717) is 5.56 Å². The SMILES string of the molecule is Cc1ccc(C(=O)NC(C)(C)C(C)O)cc1. The molecule has 3 heteroatoms. The maximum atomic E-state index is 11.9. The molecule has 0 saturated carbocycles. The maximum Gasteiger partial charge on any atom is 0.251 e. The van der Waals surface area contributed by atoms with Crippen molar-refractivity contribution < 1.29 is 9.90 Å². The number of hydrogen-bond acceptors (Lipinski definition) is 2. The Hall–Kier alpha value is -1.35. The lowest BCUT2D eigenvalue weighted by molar-refractivity contribution is 0.0709. The molecule has 0 spiro atoms. The van der Waals surface area contributed by atoms with E-state index in [1.165, 1.54) is 0 Å². The van der Waals surface area contributed by atoms with Crippen molar-refractivity contribution in [2.24, 2.45) is 0 Å². The van der Waals surface area contributed by atoms with E-state index in [9.17, 15) is 9.90 Å². The number of carbonyl (C=O) groups excluding carboxylic acids is 1. The summed E-state index contributed by atoms with van der Waals surface area (Å²) in [6.07, 6.45) is -0.595. The van der Waals surface area contributed by atoms with Gasteiger partial charge in [-0.1, -0.05) is 17.7 Å². The van der Waals surface area contributed by atoms with E-state index in [-0.39, 0.29) is 5.91 Å². The highest BCUT2D eigenvalue weighted by atomic mass is 16.3. The fraction of sp³-hybridized carbons (Fsp3) is 0.462. The van der Waals surface area contributed by atoms with Crippen LogP contribution in [0.3, 0.4) is 0 Å². The van der Waals surface area contributed by atoms with Crippen LogP contribution in [0.1, 0.15) is 36.7 Å². The molecule has 0 aliphatic carbocycles. The molecule has 0 fully saturated rings. The van der Waals surface area contributed by atoms with Crippen molar-refractivity contribution in [1.82, 2.24) is 5.32 Å². The zero-order valence-corrected chi connectivity index (χ0v) is 10.2. The molecule has 0 radical (unpaired) electrons. The number of aliphatic hydroxyl groups excluding tert-OH is 1. The Labute approximate surface area is 96.5 Å². The van der Waals surface area contributed by atoms with Gasteiger partial charge in [0.15, 0.2) is 0 Å². The van der Waals surface area contributed by atoms with Crippen LogP contribution in [-0.2, 0) is 0 Å². The first-order valence-electron chi connectivity index (χ1n) is 5.40. The Bertz CT molecular complexity index is 366. The van der Waals surface area contributed by atoms with Crippen LogP contribution in [0.15, 0.2) is 24.3 Å². The molecule has 0 bridgehead atoms. The summed E-state index contributed by atoms with van der Waals surface area (Å²) in [4.78, 5) is 11.9. The highest BCUT2D eigenvalue weighted by Crippen LogP contribution is 2.10. The molecule has 1 aromatic rings. The van der Waals surface area contributed by atoms with Crippen molar-refractivity contribution in [1.29, 1.82) is 0 Å². The van der Waals surface area contributed by atoms with Crippen LogP contribution >= 0.6 is 0 Å². The van der Waals surface area contributed by atoms with E-state index in [4.69, 9.17) is 0 Å². The second-order valence-electron chi connectivity index (χ2n) is 4.72. The zero-order chi connectivity index (χ0) is 12.3. The van der Waals surface area contributed by atoms with Crippen molar-refractivity contribution in [2.45, 2.75) is 39.3 Å². The lowest BCUT2D eigenvalue weighted by Crippen LogP contribution is -2.50. The Morgan fingerprint density at radius 1 is 1.31 bits per heavy atom. The Kier molecular flexibility index (Phi) is 3.70. The standard InChI is InChI=1S/C13H19NO2/c1-9-5-7-11(8-6-9)12(16)14-13(3,4)10(2)15/h5-8,10,15H,1-4H3,(H,14,16). The van der Waals surface area contributed by atoms with Gasteiger partial charge in [0, 0.05) is 5.56 Å². The molecule has 1 amide bonds. The molecule has 1 aromatic carbocycles. The molecule has 88 valence electrons. The Morgan fingerprint density at radius 3 is 2.25 bits per heavy atom. The molecular weight excluding hydrogens is 202 g/mol. The molecule has 3 nitrogen and oxygen atoms in total. The van der Waals surface area contributed by atoms with E-state index in [1.54, 1.807) is 32.9 Å². The number of nitrogens with one attached hydrogen (secondary N) is 1. The predicted molar refractivity (Wildman–Crippen MR) is 64.4 cm³/mol. The normalized spacial score (nSPS) is 13.3. The van der Waals surface area contributed by atoms with Gasteiger partial charge in [-0.25, -0.2) is 0 Å². The summed E-state index contributed by atoms with van der Waals surface area (Å²) in [5, 5.41) is 12.3. The summed E-state index contributed by atoms with van der Waals surface area (Å²) in [6, 6.07) is 7.35. The molecule has 1 atom stereocenters. The molecular formula is C13H19NO2. The Balaban J connectivity index is 2.77. The summed E-state index contributed by atoms with van der Waals surface area (Å²) in [5.41, 5.74) is 1.10. The van der Waals surface area contributed by atoms with Crippen LogP contribution in [0.2, 0.25) is 0 Å². The molecule has 1 rings (SSSR count). The predicted octanol–water partition coefficient (Wildman–Crippen LogP) is 1.88. The topological polar surface area (TPSA) is 49.3 Å². The summed E-state index contributed by atoms with van der Waals surface area (Å²) in [5.74, 6) is -0.161. The monoisotopic (exact) mass is 221 g/mol. The zero-order valence-electron chi connectivity index (χ0n) is 10.2. The fourth-order valence-corrected chi connectivity index (χ4v) is 1.17. The minimum Gasteiger partial charge on any atom is -0.391 e. The number of aryl methyl sites for hydroxylation is 1. The number of benzene rings is 1. The van der Waals surface area contributed by atoms with Gasteiger partial charge in [-0.3, -0.25) is 4.79 Å². The first kappa shape index (κ1) is 12.7. The lowest BCUT2D eigenvalue weighted by atomic mass is 9.98. The number of aliphatic hydroxyl groups is 1. The minimum absolute atomic E-state index is 0.161. The van der Waals surface area contributed by atoms with Crippen molar-refractivity contribution in [3.05, 3.63) is 35.4 Å². The van der Waals surface area contributed by atoms with Crippen molar-refractivity contribution in [2.75, 3.05) is 0 Å². The number of carbonyl (C=O) groups is 1. The number of hydrogen-bond donors (Lipinski definition) is 2. The van der Waals surface area contributed by atoms with Gasteiger partial charge in [0.05, 0.1) is 11.6 Å². The van der Waals surface area contributed by atoms with Gasteiger partial charge >= 0.3 is 0 Å².